The molecule has 120 valence electrons. The number of anilines is 1. The number of unbranched alkanes of at least 4 members (excludes halogenated alkanes) is 2. The molecule has 0 amide bonds. The summed E-state index contributed by atoms with van der Waals surface area (Å²) in [6.07, 6.45) is 8.74. The van der Waals surface area contributed by atoms with Crippen molar-refractivity contribution in [3.05, 3.63) is 22.7 Å². The number of likely N-dealkylation sites (tertiary alicyclic amines) is 1. The van der Waals surface area contributed by atoms with E-state index in [1.54, 1.807) is 0 Å². The third-order valence-corrected chi connectivity index (χ3v) is 4.99. The molecule has 1 aromatic heterocycles. The van der Waals surface area contributed by atoms with E-state index in [2.05, 4.69) is 21.8 Å². The van der Waals surface area contributed by atoms with Crippen molar-refractivity contribution in [3.8, 4) is 0 Å². The minimum atomic E-state index is 0.672. The Morgan fingerprint density at radius 3 is 2.59 bits per heavy atom. The highest BCUT2D eigenvalue weighted by atomic mass is 15.1. The fourth-order valence-corrected chi connectivity index (χ4v) is 3.77. The van der Waals surface area contributed by atoms with Crippen molar-refractivity contribution < 1.29 is 0 Å². The quantitative estimate of drug-likeness (QED) is 0.819. The largest absolute Gasteiger partial charge is 0.383 e. The second-order valence-electron chi connectivity index (χ2n) is 6.78. The van der Waals surface area contributed by atoms with E-state index < -0.39 is 0 Å². The van der Waals surface area contributed by atoms with Gasteiger partial charge in [0, 0.05) is 5.56 Å². The number of aryl methyl sites for hydroxylation is 1. The Balaban J connectivity index is 1.52. The molecule has 3 rings (SSSR count). The van der Waals surface area contributed by atoms with Gasteiger partial charge < -0.3 is 10.6 Å². The molecule has 0 aromatic carbocycles. The average Bonchev–Trinajstić information content (AvgIpc) is 3.08. The summed E-state index contributed by atoms with van der Waals surface area (Å²) < 4.78 is 0. The summed E-state index contributed by atoms with van der Waals surface area (Å²) in [7, 11) is 0. The fourth-order valence-electron chi connectivity index (χ4n) is 3.77. The van der Waals surface area contributed by atoms with Gasteiger partial charge in [-0.1, -0.05) is 12.0 Å². The zero-order valence-electron chi connectivity index (χ0n) is 14.0. The van der Waals surface area contributed by atoms with Crippen LogP contribution in [0.5, 0.6) is 0 Å². The number of rotatable bonds is 6. The highest BCUT2D eigenvalue weighted by molar-refractivity contribution is 5.76. The van der Waals surface area contributed by atoms with Gasteiger partial charge in [-0.2, -0.15) is 0 Å². The molecule has 2 aliphatic rings. The van der Waals surface area contributed by atoms with Crippen LogP contribution < -0.4 is 5.73 Å². The highest BCUT2D eigenvalue weighted by Crippen LogP contribution is 2.36. The lowest BCUT2D eigenvalue weighted by atomic mass is 10.0. The minimum Gasteiger partial charge on any atom is -0.383 e. The molecule has 0 saturated carbocycles. The van der Waals surface area contributed by atoms with Crippen molar-refractivity contribution in [2.24, 2.45) is 0 Å². The minimum absolute atomic E-state index is 0.672. The fraction of sp³-hybridized carbons (Fsp3) is 0.667. The number of nitrogens with zero attached hydrogens (tertiary/aromatic N) is 3. The van der Waals surface area contributed by atoms with Crippen LogP contribution in [0.1, 0.15) is 62.5 Å². The van der Waals surface area contributed by atoms with Crippen molar-refractivity contribution >= 4 is 11.4 Å². The van der Waals surface area contributed by atoms with Crippen LogP contribution in [0.2, 0.25) is 0 Å². The SMILES string of the molecule is CC1=C(CCCCCN2CCCC2)c2nc(C)nc(N)c2C1. The molecule has 1 aliphatic carbocycles. The van der Waals surface area contributed by atoms with E-state index >= 15 is 0 Å². The maximum atomic E-state index is 6.06. The number of aromatic nitrogens is 2. The average molecular weight is 300 g/mol. The van der Waals surface area contributed by atoms with Crippen LogP contribution in [-0.4, -0.2) is 34.5 Å². The van der Waals surface area contributed by atoms with Gasteiger partial charge in [-0.05, 0) is 77.6 Å². The molecule has 4 heteroatoms. The van der Waals surface area contributed by atoms with Gasteiger partial charge in [-0.15, -0.1) is 0 Å². The maximum Gasteiger partial charge on any atom is 0.131 e. The molecule has 0 radical (unpaired) electrons. The molecule has 0 bridgehead atoms. The third-order valence-electron chi connectivity index (χ3n) is 4.99. The lowest BCUT2D eigenvalue weighted by molar-refractivity contribution is 0.329. The number of nitrogen functional groups attached to an aromatic ring is 1. The molecule has 0 unspecified atom stereocenters. The van der Waals surface area contributed by atoms with Crippen LogP contribution in [0, 0.1) is 6.92 Å². The Bertz CT molecular complexity index is 571. The van der Waals surface area contributed by atoms with Gasteiger partial charge in [-0.25, -0.2) is 9.97 Å². The number of hydrogen-bond acceptors (Lipinski definition) is 4. The molecule has 4 nitrogen and oxygen atoms in total. The second-order valence-corrected chi connectivity index (χ2v) is 6.78. The molecule has 1 saturated heterocycles. The molecule has 1 aromatic rings. The van der Waals surface area contributed by atoms with Crippen LogP contribution in [0.4, 0.5) is 5.82 Å². The Morgan fingerprint density at radius 1 is 1.05 bits per heavy atom. The van der Waals surface area contributed by atoms with E-state index in [-0.39, 0.29) is 0 Å². The summed E-state index contributed by atoms with van der Waals surface area (Å²) in [5, 5.41) is 0. The van der Waals surface area contributed by atoms with E-state index in [4.69, 9.17) is 5.73 Å². The molecule has 0 spiro atoms. The van der Waals surface area contributed by atoms with Crippen molar-refractivity contribution in [1.82, 2.24) is 14.9 Å². The van der Waals surface area contributed by atoms with E-state index in [1.165, 1.54) is 62.9 Å². The van der Waals surface area contributed by atoms with Crippen molar-refractivity contribution in [2.75, 3.05) is 25.4 Å². The van der Waals surface area contributed by atoms with Crippen LogP contribution in [0.25, 0.3) is 5.57 Å². The van der Waals surface area contributed by atoms with Crippen LogP contribution in [0.3, 0.4) is 0 Å². The van der Waals surface area contributed by atoms with Gasteiger partial charge in [-0.3, -0.25) is 0 Å². The molecule has 0 atom stereocenters. The standard InChI is InChI=1S/C18H28N4/c1-13-12-16-17(20-14(2)21-18(16)19)15(13)8-4-3-5-9-22-10-6-7-11-22/h3-12H2,1-2H3,(H2,19,20,21). The van der Waals surface area contributed by atoms with Gasteiger partial charge in [0.1, 0.15) is 11.6 Å². The van der Waals surface area contributed by atoms with Crippen LogP contribution in [-0.2, 0) is 6.42 Å². The first-order valence-electron chi connectivity index (χ1n) is 8.69. The second kappa shape index (κ2) is 6.78. The molecule has 22 heavy (non-hydrogen) atoms. The predicted molar refractivity (Wildman–Crippen MR) is 91.6 cm³/mol. The van der Waals surface area contributed by atoms with Gasteiger partial charge in [0.25, 0.3) is 0 Å². The van der Waals surface area contributed by atoms with Crippen molar-refractivity contribution in [1.29, 1.82) is 0 Å². The van der Waals surface area contributed by atoms with Gasteiger partial charge in [0.2, 0.25) is 0 Å². The molecule has 1 fully saturated rings. The summed E-state index contributed by atoms with van der Waals surface area (Å²) in [6, 6.07) is 0. The zero-order valence-corrected chi connectivity index (χ0v) is 14.0. The van der Waals surface area contributed by atoms with Crippen molar-refractivity contribution in [3.63, 3.8) is 0 Å². The zero-order chi connectivity index (χ0) is 15.5. The lowest BCUT2D eigenvalue weighted by Gasteiger charge is -2.14. The predicted octanol–water partition coefficient (Wildman–Crippen LogP) is 3.35. The summed E-state index contributed by atoms with van der Waals surface area (Å²) in [5.41, 5.74) is 11.2. The van der Waals surface area contributed by atoms with Gasteiger partial charge in [0.15, 0.2) is 0 Å². The summed E-state index contributed by atoms with van der Waals surface area (Å²) >= 11 is 0. The molecular weight excluding hydrogens is 272 g/mol. The smallest absolute Gasteiger partial charge is 0.131 e. The Labute approximate surface area is 133 Å². The van der Waals surface area contributed by atoms with E-state index in [0.717, 1.165) is 29.9 Å². The van der Waals surface area contributed by atoms with Crippen LogP contribution in [0.15, 0.2) is 5.57 Å². The number of nitrogens with two attached hydrogens (primary N) is 1. The first-order valence-corrected chi connectivity index (χ1v) is 8.69. The third kappa shape index (κ3) is 3.32. The highest BCUT2D eigenvalue weighted by Gasteiger charge is 2.23. The first kappa shape index (κ1) is 15.5. The number of hydrogen-bond donors (Lipinski definition) is 1. The number of allylic oxidation sites excluding steroid dienone is 2. The summed E-state index contributed by atoms with van der Waals surface area (Å²) in [4.78, 5) is 11.6. The monoisotopic (exact) mass is 300 g/mol. The van der Waals surface area contributed by atoms with E-state index in [9.17, 15) is 0 Å². The topological polar surface area (TPSA) is 55.0 Å². The van der Waals surface area contributed by atoms with E-state index in [1.807, 2.05) is 6.92 Å². The molecular formula is C18H28N4. The van der Waals surface area contributed by atoms with E-state index in [0.29, 0.717) is 5.82 Å². The number of fused-ring (bicyclic) bond motifs is 1. The molecule has 2 heterocycles. The lowest BCUT2D eigenvalue weighted by Crippen LogP contribution is -2.20. The normalized spacial score (nSPS) is 18.3. The summed E-state index contributed by atoms with van der Waals surface area (Å²) in [6.45, 7) is 8.05. The van der Waals surface area contributed by atoms with Gasteiger partial charge >= 0.3 is 0 Å². The molecule has 1 aliphatic heterocycles. The Morgan fingerprint density at radius 2 is 1.82 bits per heavy atom. The molecule has 2 N–H and O–H groups in total. The van der Waals surface area contributed by atoms with Crippen LogP contribution >= 0.6 is 0 Å². The summed E-state index contributed by atoms with van der Waals surface area (Å²) in [5.74, 6) is 1.46. The Kier molecular flexibility index (Phi) is 4.77. The maximum absolute atomic E-state index is 6.06. The Hall–Kier alpha value is -1.42. The van der Waals surface area contributed by atoms with Crippen molar-refractivity contribution in [2.45, 2.75) is 58.8 Å². The first-order chi connectivity index (χ1) is 10.6. The van der Waals surface area contributed by atoms with Gasteiger partial charge in [0.05, 0.1) is 5.69 Å².